The molecule has 2 N–H and O–H groups in total. The molecule has 27 heavy (non-hydrogen) atoms. The van der Waals surface area contributed by atoms with Crippen molar-refractivity contribution in [3.8, 4) is 0 Å². The van der Waals surface area contributed by atoms with E-state index >= 15 is 0 Å². The highest BCUT2D eigenvalue weighted by molar-refractivity contribution is 6.30. The fourth-order valence-corrected chi connectivity index (χ4v) is 2.43. The first-order chi connectivity index (χ1) is 13.0. The average molecular weight is 382 g/mol. The Kier molecular flexibility index (Phi) is 5.68. The van der Waals surface area contributed by atoms with Crippen molar-refractivity contribution >= 4 is 40.5 Å². The summed E-state index contributed by atoms with van der Waals surface area (Å²) in [5, 5.41) is 6.50. The van der Waals surface area contributed by atoms with E-state index in [0.29, 0.717) is 22.0 Å². The van der Waals surface area contributed by atoms with Gasteiger partial charge in [-0.3, -0.25) is 4.79 Å². The maximum Gasteiger partial charge on any atom is 0.337 e. The van der Waals surface area contributed by atoms with Gasteiger partial charge in [0.2, 0.25) is 0 Å². The van der Waals surface area contributed by atoms with E-state index in [-0.39, 0.29) is 17.6 Å². The summed E-state index contributed by atoms with van der Waals surface area (Å²) in [6.45, 7) is 0. The molecule has 2 aromatic carbocycles. The summed E-state index contributed by atoms with van der Waals surface area (Å²) in [6, 6.07) is 17.0. The number of esters is 1. The van der Waals surface area contributed by atoms with E-state index in [1.807, 2.05) is 0 Å². The minimum absolute atomic E-state index is 0.288. The van der Waals surface area contributed by atoms with Crippen molar-refractivity contribution in [2.45, 2.75) is 0 Å². The lowest BCUT2D eigenvalue weighted by molar-refractivity contribution is 0.0600. The lowest BCUT2D eigenvalue weighted by atomic mass is 10.2. The third kappa shape index (κ3) is 4.83. The fourth-order valence-electron chi connectivity index (χ4n) is 2.30. The van der Waals surface area contributed by atoms with Crippen molar-refractivity contribution in [1.29, 1.82) is 0 Å². The molecule has 3 aromatic rings. The Labute approximate surface area is 161 Å². The van der Waals surface area contributed by atoms with E-state index in [0.717, 1.165) is 5.69 Å². The van der Waals surface area contributed by atoms with Crippen molar-refractivity contribution in [2.75, 3.05) is 17.7 Å². The monoisotopic (exact) mass is 381 g/mol. The normalized spacial score (nSPS) is 10.1. The minimum Gasteiger partial charge on any atom is -0.465 e. The molecule has 136 valence electrons. The molecule has 0 saturated heterocycles. The average Bonchev–Trinajstić information content (AvgIpc) is 2.70. The second kappa shape index (κ2) is 8.33. The minimum atomic E-state index is -0.390. The number of benzene rings is 2. The quantitative estimate of drug-likeness (QED) is 0.635. The molecule has 0 atom stereocenters. The first-order valence-electron chi connectivity index (χ1n) is 8.03. The summed E-state index contributed by atoms with van der Waals surface area (Å²) in [4.78, 5) is 27.8. The smallest absolute Gasteiger partial charge is 0.337 e. The van der Waals surface area contributed by atoms with Gasteiger partial charge < -0.3 is 15.4 Å². The van der Waals surface area contributed by atoms with Crippen molar-refractivity contribution in [2.24, 2.45) is 0 Å². The van der Waals surface area contributed by atoms with Crippen LogP contribution in [0.4, 0.5) is 17.1 Å². The Balaban J connectivity index is 1.63. The zero-order valence-electron chi connectivity index (χ0n) is 14.4. The highest BCUT2D eigenvalue weighted by atomic mass is 35.5. The number of ether oxygens (including phenoxy) is 1. The molecule has 0 spiro atoms. The summed E-state index contributed by atoms with van der Waals surface area (Å²) in [5.41, 5.74) is 2.89. The maximum absolute atomic E-state index is 12.2. The van der Waals surface area contributed by atoms with Gasteiger partial charge in [0.1, 0.15) is 5.69 Å². The number of hydrogen-bond donors (Lipinski definition) is 2. The molecule has 6 nitrogen and oxygen atoms in total. The first kappa shape index (κ1) is 18.4. The molecule has 0 radical (unpaired) electrons. The van der Waals surface area contributed by atoms with Crippen LogP contribution in [0.25, 0.3) is 0 Å². The summed E-state index contributed by atoms with van der Waals surface area (Å²) in [6.07, 6.45) is 1.56. The number of methoxy groups -OCH3 is 1. The number of carbonyl (C=O) groups is 2. The van der Waals surface area contributed by atoms with E-state index in [1.54, 1.807) is 66.9 Å². The lowest BCUT2D eigenvalue weighted by Crippen LogP contribution is -2.13. The predicted molar refractivity (Wildman–Crippen MR) is 105 cm³/mol. The number of anilines is 3. The van der Waals surface area contributed by atoms with Crippen LogP contribution in [0, 0.1) is 0 Å². The number of carbonyl (C=O) groups excluding carboxylic acids is 2. The van der Waals surface area contributed by atoms with Crippen LogP contribution in [-0.2, 0) is 4.74 Å². The van der Waals surface area contributed by atoms with Crippen LogP contribution >= 0.6 is 11.6 Å². The molecule has 0 aliphatic carbocycles. The van der Waals surface area contributed by atoms with Crippen molar-refractivity contribution in [1.82, 2.24) is 4.98 Å². The van der Waals surface area contributed by atoms with E-state index in [4.69, 9.17) is 11.6 Å². The van der Waals surface area contributed by atoms with Crippen LogP contribution in [0.15, 0.2) is 66.9 Å². The molecule has 0 aliphatic heterocycles. The highest BCUT2D eigenvalue weighted by Crippen LogP contribution is 2.18. The van der Waals surface area contributed by atoms with Crippen LogP contribution in [0.2, 0.25) is 5.02 Å². The summed E-state index contributed by atoms with van der Waals surface area (Å²) in [7, 11) is 1.34. The van der Waals surface area contributed by atoms with Gasteiger partial charge in [-0.2, -0.15) is 0 Å². The predicted octanol–water partition coefficient (Wildman–Crippen LogP) is 4.52. The molecule has 3 rings (SSSR count). The highest BCUT2D eigenvalue weighted by Gasteiger charge is 2.08. The standard InChI is InChI=1S/C20H16ClN3O3/c1-27-20(26)13-2-6-15(7-3-13)23-17-10-11-18(22-12-17)19(25)24-16-8-4-14(21)5-9-16/h2-12,23H,1H3,(H,24,25). The van der Waals surface area contributed by atoms with E-state index in [2.05, 4.69) is 20.4 Å². The van der Waals surface area contributed by atoms with Gasteiger partial charge in [0.25, 0.3) is 5.91 Å². The molecule has 7 heteroatoms. The summed E-state index contributed by atoms with van der Waals surface area (Å²) in [5.74, 6) is -0.703. The second-order valence-corrected chi connectivity index (χ2v) is 6.02. The van der Waals surface area contributed by atoms with Crippen LogP contribution in [0.3, 0.4) is 0 Å². The van der Waals surface area contributed by atoms with E-state index < -0.39 is 0 Å². The topological polar surface area (TPSA) is 80.3 Å². The van der Waals surface area contributed by atoms with Crippen molar-refractivity contribution < 1.29 is 14.3 Å². The third-order valence-electron chi connectivity index (χ3n) is 3.69. The van der Waals surface area contributed by atoms with E-state index in [1.165, 1.54) is 7.11 Å². The van der Waals surface area contributed by atoms with Crippen molar-refractivity contribution in [3.63, 3.8) is 0 Å². The van der Waals surface area contributed by atoms with Crippen LogP contribution in [-0.4, -0.2) is 24.0 Å². The number of pyridine rings is 1. The van der Waals surface area contributed by atoms with Gasteiger partial charge in [-0.05, 0) is 60.7 Å². The number of halogens is 1. The molecular formula is C20H16ClN3O3. The zero-order chi connectivity index (χ0) is 19.2. The SMILES string of the molecule is COC(=O)c1ccc(Nc2ccc(C(=O)Nc3ccc(Cl)cc3)nc2)cc1. The Bertz CT molecular complexity index is 940. The molecule has 1 amide bonds. The Hall–Kier alpha value is -3.38. The number of amides is 1. The Morgan fingerprint density at radius 1 is 0.889 bits per heavy atom. The van der Waals surface area contributed by atoms with Gasteiger partial charge in [0.05, 0.1) is 24.6 Å². The molecule has 0 saturated carbocycles. The van der Waals surface area contributed by atoms with Crippen LogP contribution in [0.5, 0.6) is 0 Å². The van der Waals surface area contributed by atoms with Gasteiger partial charge in [-0.1, -0.05) is 11.6 Å². The van der Waals surface area contributed by atoms with Gasteiger partial charge >= 0.3 is 5.97 Å². The van der Waals surface area contributed by atoms with Crippen molar-refractivity contribution in [3.05, 3.63) is 83.1 Å². The number of nitrogens with one attached hydrogen (secondary N) is 2. The lowest BCUT2D eigenvalue weighted by Gasteiger charge is -2.08. The Morgan fingerprint density at radius 3 is 2.11 bits per heavy atom. The third-order valence-corrected chi connectivity index (χ3v) is 3.94. The molecule has 0 unspecified atom stereocenters. The summed E-state index contributed by atoms with van der Waals surface area (Å²) >= 11 is 5.83. The number of hydrogen-bond acceptors (Lipinski definition) is 5. The zero-order valence-corrected chi connectivity index (χ0v) is 15.2. The van der Waals surface area contributed by atoms with Crippen LogP contribution < -0.4 is 10.6 Å². The summed E-state index contributed by atoms with van der Waals surface area (Å²) < 4.78 is 4.66. The van der Waals surface area contributed by atoms with Gasteiger partial charge in [0, 0.05) is 16.4 Å². The largest absolute Gasteiger partial charge is 0.465 e. The maximum atomic E-state index is 12.2. The molecule has 1 aromatic heterocycles. The van der Waals surface area contributed by atoms with Gasteiger partial charge in [-0.25, -0.2) is 9.78 Å². The van der Waals surface area contributed by atoms with Gasteiger partial charge in [0.15, 0.2) is 0 Å². The second-order valence-electron chi connectivity index (χ2n) is 5.59. The number of rotatable bonds is 5. The molecule has 0 aliphatic rings. The molecular weight excluding hydrogens is 366 g/mol. The molecule has 0 fully saturated rings. The first-order valence-corrected chi connectivity index (χ1v) is 8.41. The van der Waals surface area contributed by atoms with Gasteiger partial charge in [-0.15, -0.1) is 0 Å². The Morgan fingerprint density at radius 2 is 1.52 bits per heavy atom. The van der Waals surface area contributed by atoms with Crippen LogP contribution in [0.1, 0.15) is 20.8 Å². The fraction of sp³-hybridized carbons (Fsp3) is 0.0500. The molecule has 0 bridgehead atoms. The van der Waals surface area contributed by atoms with E-state index in [9.17, 15) is 9.59 Å². The molecule has 1 heterocycles. The number of nitrogens with zero attached hydrogens (tertiary/aromatic N) is 1. The number of aromatic nitrogens is 1.